The zero-order valence-electron chi connectivity index (χ0n) is 19.0. The summed E-state index contributed by atoms with van der Waals surface area (Å²) in [5.41, 5.74) is 2.80. The lowest BCUT2D eigenvalue weighted by atomic mass is 10.2. The average molecular weight is 562 g/mol. The Labute approximate surface area is 211 Å². The van der Waals surface area contributed by atoms with E-state index in [-0.39, 0.29) is 36.4 Å². The summed E-state index contributed by atoms with van der Waals surface area (Å²) in [6, 6.07) is 17.4. The van der Waals surface area contributed by atoms with Crippen molar-refractivity contribution in [2.75, 3.05) is 18.5 Å². The second-order valence-corrected chi connectivity index (χ2v) is 7.04. The minimum absolute atomic E-state index is 0. The molecule has 1 amide bonds. The number of aromatic nitrogens is 2. The number of hydrogen-bond acceptors (Lipinski definition) is 4. The number of hydrogen-bond donors (Lipinski definition) is 3. The molecule has 0 saturated heterocycles. The molecule has 0 radical (unpaired) electrons. The number of anilines is 1. The van der Waals surface area contributed by atoms with Gasteiger partial charge in [0.1, 0.15) is 12.3 Å². The summed E-state index contributed by atoms with van der Waals surface area (Å²) in [5.74, 6) is 1.46. The first-order valence-corrected chi connectivity index (χ1v) is 10.8. The van der Waals surface area contributed by atoms with E-state index in [1.54, 1.807) is 23.1 Å². The quantitative estimate of drug-likeness (QED) is 0.199. The molecule has 0 fully saturated rings. The molecule has 0 saturated carbocycles. The number of rotatable bonds is 10. The van der Waals surface area contributed by atoms with Crippen molar-refractivity contribution >= 4 is 41.5 Å². The van der Waals surface area contributed by atoms with E-state index in [1.165, 1.54) is 0 Å². The van der Waals surface area contributed by atoms with E-state index >= 15 is 0 Å². The fourth-order valence-electron chi connectivity index (χ4n) is 3.13. The standard InChI is InChI=1S/C24H30N6O2.HI/c1-3-25-24(27-17-20-10-5-6-12-22(20)32-4-2)26-16-19-9-7-11-21(15-19)29-23(31)18-30-14-8-13-28-30;/h5-15H,3-4,16-18H2,1-2H3,(H,29,31)(H2,25,26,27);1H. The Hall–Kier alpha value is -3.08. The van der Waals surface area contributed by atoms with Crippen LogP contribution in [0.2, 0.25) is 0 Å². The Morgan fingerprint density at radius 3 is 2.70 bits per heavy atom. The number of amides is 1. The van der Waals surface area contributed by atoms with Gasteiger partial charge in [0, 0.05) is 36.7 Å². The number of halogens is 1. The van der Waals surface area contributed by atoms with Crippen LogP contribution in [0.1, 0.15) is 25.0 Å². The molecule has 3 rings (SSSR count). The van der Waals surface area contributed by atoms with Gasteiger partial charge in [0.15, 0.2) is 5.96 Å². The van der Waals surface area contributed by atoms with Crippen molar-refractivity contribution in [3.63, 3.8) is 0 Å². The van der Waals surface area contributed by atoms with Gasteiger partial charge in [-0.25, -0.2) is 4.99 Å². The van der Waals surface area contributed by atoms with E-state index in [2.05, 4.69) is 26.0 Å². The molecule has 0 aliphatic heterocycles. The van der Waals surface area contributed by atoms with Crippen LogP contribution in [0.15, 0.2) is 72.0 Å². The second-order valence-electron chi connectivity index (χ2n) is 7.04. The predicted octanol–water partition coefficient (Wildman–Crippen LogP) is 3.79. The molecule has 8 nitrogen and oxygen atoms in total. The fraction of sp³-hybridized carbons (Fsp3) is 0.292. The molecule has 0 aliphatic carbocycles. The van der Waals surface area contributed by atoms with Crippen LogP contribution in [0.3, 0.4) is 0 Å². The molecule has 2 aromatic carbocycles. The summed E-state index contributed by atoms with van der Waals surface area (Å²) in [7, 11) is 0. The minimum atomic E-state index is -0.127. The molecule has 0 bridgehead atoms. The maximum absolute atomic E-state index is 12.2. The summed E-state index contributed by atoms with van der Waals surface area (Å²) in [5, 5.41) is 13.6. The largest absolute Gasteiger partial charge is 0.494 e. The van der Waals surface area contributed by atoms with Gasteiger partial charge < -0.3 is 20.7 Å². The Morgan fingerprint density at radius 2 is 1.94 bits per heavy atom. The first kappa shape index (κ1) is 26.2. The monoisotopic (exact) mass is 562 g/mol. The van der Waals surface area contributed by atoms with Crippen molar-refractivity contribution in [3.8, 4) is 5.75 Å². The second kappa shape index (κ2) is 14.1. The van der Waals surface area contributed by atoms with E-state index in [4.69, 9.17) is 4.74 Å². The van der Waals surface area contributed by atoms with Gasteiger partial charge in [-0.3, -0.25) is 9.48 Å². The smallest absolute Gasteiger partial charge is 0.246 e. The third-order valence-corrected chi connectivity index (χ3v) is 4.56. The number of guanidine groups is 1. The molecular weight excluding hydrogens is 531 g/mol. The van der Waals surface area contributed by atoms with Crippen LogP contribution in [0.5, 0.6) is 5.75 Å². The van der Waals surface area contributed by atoms with E-state index < -0.39 is 0 Å². The maximum Gasteiger partial charge on any atom is 0.246 e. The first-order chi connectivity index (χ1) is 15.7. The van der Waals surface area contributed by atoms with Gasteiger partial charge in [-0.1, -0.05) is 30.3 Å². The highest BCUT2D eigenvalue weighted by molar-refractivity contribution is 14.0. The van der Waals surface area contributed by atoms with Crippen LogP contribution < -0.4 is 20.7 Å². The van der Waals surface area contributed by atoms with Gasteiger partial charge in [0.2, 0.25) is 5.91 Å². The number of ether oxygens (including phenoxy) is 1. The summed E-state index contributed by atoms with van der Waals surface area (Å²) in [4.78, 5) is 16.9. The third kappa shape index (κ3) is 8.76. The summed E-state index contributed by atoms with van der Waals surface area (Å²) in [6.45, 7) is 6.64. The normalized spacial score (nSPS) is 10.8. The van der Waals surface area contributed by atoms with Gasteiger partial charge in [-0.05, 0) is 43.7 Å². The molecule has 1 aromatic heterocycles. The number of aliphatic imine (C=N–C) groups is 1. The predicted molar refractivity (Wildman–Crippen MR) is 142 cm³/mol. The minimum Gasteiger partial charge on any atom is -0.494 e. The first-order valence-electron chi connectivity index (χ1n) is 10.8. The van der Waals surface area contributed by atoms with Crippen molar-refractivity contribution < 1.29 is 9.53 Å². The van der Waals surface area contributed by atoms with Crippen LogP contribution in [-0.4, -0.2) is 34.8 Å². The molecule has 176 valence electrons. The number of carbonyl (C=O) groups excluding carboxylic acids is 1. The van der Waals surface area contributed by atoms with Crippen LogP contribution in [0.25, 0.3) is 0 Å². The molecular formula is C24H31IN6O2. The SMILES string of the molecule is CCNC(=NCc1cccc(NC(=O)Cn2cccn2)c1)NCc1ccccc1OCC.I. The topological polar surface area (TPSA) is 92.6 Å². The lowest BCUT2D eigenvalue weighted by molar-refractivity contribution is -0.116. The fourth-order valence-corrected chi connectivity index (χ4v) is 3.13. The Kier molecular flexibility index (Phi) is 11.2. The molecule has 3 N–H and O–H groups in total. The molecule has 9 heteroatoms. The average Bonchev–Trinajstić information content (AvgIpc) is 3.30. The zero-order chi connectivity index (χ0) is 22.6. The molecule has 0 atom stereocenters. The van der Waals surface area contributed by atoms with E-state index in [0.717, 1.165) is 29.1 Å². The number of benzene rings is 2. The maximum atomic E-state index is 12.2. The van der Waals surface area contributed by atoms with Crippen molar-refractivity contribution in [1.29, 1.82) is 0 Å². The molecule has 1 heterocycles. The summed E-state index contributed by atoms with van der Waals surface area (Å²) < 4.78 is 7.28. The van der Waals surface area contributed by atoms with Gasteiger partial charge >= 0.3 is 0 Å². The highest BCUT2D eigenvalue weighted by atomic mass is 127. The number of carbonyl (C=O) groups is 1. The number of nitrogens with one attached hydrogen (secondary N) is 3. The Morgan fingerprint density at radius 1 is 1.09 bits per heavy atom. The lowest BCUT2D eigenvalue weighted by Crippen LogP contribution is -2.36. The molecule has 0 spiro atoms. The molecule has 0 aliphatic rings. The number of nitrogens with zero attached hydrogens (tertiary/aromatic N) is 3. The van der Waals surface area contributed by atoms with Crippen LogP contribution in [-0.2, 0) is 24.4 Å². The number of para-hydroxylation sites is 1. The van der Waals surface area contributed by atoms with Crippen LogP contribution in [0.4, 0.5) is 5.69 Å². The van der Waals surface area contributed by atoms with Crippen molar-refractivity contribution in [3.05, 3.63) is 78.1 Å². The van der Waals surface area contributed by atoms with Gasteiger partial charge in [-0.15, -0.1) is 24.0 Å². The van der Waals surface area contributed by atoms with Crippen molar-refractivity contribution in [2.45, 2.75) is 33.5 Å². The third-order valence-electron chi connectivity index (χ3n) is 4.56. The van der Waals surface area contributed by atoms with Gasteiger partial charge in [-0.2, -0.15) is 5.10 Å². The van der Waals surface area contributed by atoms with E-state index in [9.17, 15) is 4.79 Å². The summed E-state index contributed by atoms with van der Waals surface area (Å²) >= 11 is 0. The highest BCUT2D eigenvalue weighted by Crippen LogP contribution is 2.17. The van der Waals surface area contributed by atoms with Crippen molar-refractivity contribution in [1.82, 2.24) is 20.4 Å². The van der Waals surface area contributed by atoms with E-state index in [1.807, 2.05) is 62.4 Å². The molecule has 0 unspecified atom stereocenters. The summed E-state index contributed by atoms with van der Waals surface area (Å²) in [6.07, 6.45) is 3.41. The van der Waals surface area contributed by atoms with Crippen LogP contribution in [0, 0.1) is 0 Å². The lowest BCUT2D eigenvalue weighted by Gasteiger charge is -2.14. The molecule has 33 heavy (non-hydrogen) atoms. The highest BCUT2D eigenvalue weighted by Gasteiger charge is 2.06. The van der Waals surface area contributed by atoms with Crippen molar-refractivity contribution in [2.24, 2.45) is 4.99 Å². The molecule has 3 aromatic rings. The van der Waals surface area contributed by atoms with Gasteiger partial charge in [0.05, 0.1) is 13.2 Å². The van der Waals surface area contributed by atoms with E-state index in [0.29, 0.717) is 25.7 Å². The Bertz CT molecular complexity index is 1020. The van der Waals surface area contributed by atoms with Crippen LogP contribution >= 0.6 is 24.0 Å². The Balaban J connectivity index is 0.00000385. The van der Waals surface area contributed by atoms with Gasteiger partial charge in [0.25, 0.3) is 0 Å². The zero-order valence-corrected chi connectivity index (χ0v) is 21.3.